The number of anilines is 1. The molecule has 0 aliphatic carbocycles. The van der Waals surface area contributed by atoms with E-state index in [-0.39, 0.29) is 12.6 Å². The van der Waals surface area contributed by atoms with E-state index in [1.165, 1.54) is 11.3 Å². The Hall–Kier alpha value is -3.36. The molecule has 0 radical (unpaired) electrons. The van der Waals surface area contributed by atoms with Gasteiger partial charge in [-0.1, -0.05) is 48.5 Å². The van der Waals surface area contributed by atoms with Crippen LogP contribution in [0.4, 0.5) is 10.5 Å². The minimum absolute atomic E-state index is 0.258. The van der Waals surface area contributed by atoms with Gasteiger partial charge in [-0.2, -0.15) is 0 Å². The summed E-state index contributed by atoms with van der Waals surface area (Å²) in [6, 6.07) is 16.9. The lowest BCUT2D eigenvalue weighted by Gasteiger charge is -2.33. The first kappa shape index (κ1) is 23.8. The first-order valence-electron chi connectivity index (χ1n) is 11.7. The molecule has 0 saturated carbocycles. The van der Waals surface area contributed by atoms with Crippen molar-refractivity contribution in [1.29, 1.82) is 0 Å². The second-order valence-corrected chi connectivity index (χ2v) is 8.46. The van der Waals surface area contributed by atoms with E-state index in [1.54, 1.807) is 6.92 Å². The molecule has 2 amide bonds. The van der Waals surface area contributed by atoms with Crippen LogP contribution in [-0.2, 0) is 20.8 Å². The molecular formula is C26H32N4O4. The summed E-state index contributed by atoms with van der Waals surface area (Å²) in [4.78, 5) is 30.0. The highest BCUT2D eigenvalue weighted by atomic mass is 16.5. The van der Waals surface area contributed by atoms with Gasteiger partial charge in [0.05, 0.1) is 31.4 Å². The highest BCUT2D eigenvalue weighted by molar-refractivity contribution is 5.95. The minimum Gasteiger partial charge on any atom is -0.463 e. The minimum atomic E-state index is -0.571. The van der Waals surface area contributed by atoms with Crippen molar-refractivity contribution in [3.8, 4) is 0 Å². The molecule has 2 aromatic carbocycles. The number of rotatable bonds is 8. The average Bonchev–Trinajstić information content (AvgIpc) is 2.85. The van der Waals surface area contributed by atoms with E-state index in [0.717, 1.165) is 31.9 Å². The number of hydrogen-bond acceptors (Lipinski definition) is 6. The third-order valence-corrected chi connectivity index (χ3v) is 5.99. The molecular weight excluding hydrogens is 432 g/mol. The van der Waals surface area contributed by atoms with Crippen LogP contribution in [0, 0.1) is 0 Å². The topological polar surface area (TPSA) is 83.1 Å². The molecule has 2 aliphatic heterocycles. The van der Waals surface area contributed by atoms with E-state index in [0.29, 0.717) is 24.4 Å². The Kier molecular flexibility index (Phi) is 7.82. The molecule has 0 spiro atoms. The molecule has 8 nitrogen and oxygen atoms in total. The standard InChI is InChI=1S/C26H32N4O4/c1-3-34-25(31)23-21(27-26(32)28-24(23)19-9-5-4-6-10-19)18-29(2)17-20-11-7-8-12-22(20)30-13-15-33-16-14-30/h4-12,24H,3,13-18H2,1-2H3,(H2,27,28,32)/t24-/m0/s1. The van der Waals surface area contributed by atoms with Gasteiger partial charge in [0.15, 0.2) is 0 Å². The summed E-state index contributed by atoms with van der Waals surface area (Å²) in [7, 11) is 1.98. The van der Waals surface area contributed by atoms with E-state index in [9.17, 15) is 9.59 Å². The van der Waals surface area contributed by atoms with Crippen LogP contribution >= 0.6 is 0 Å². The number of likely N-dealkylation sites (N-methyl/N-ethyl adjacent to an activating group) is 1. The second kappa shape index (κ2) is 11.2. The van der Waals surface area contributed by atoms with Crippen molar-refractivity contribution in [3.05, 3.63) is 77.0 Å². The van der Waals surface area contributed by atoms with Crippen LogP contribution in [0.25, 0.3) is 0 Å². The van der Waals surface area contributed by atoms with E-state index >= 15 is 0 Å². The number of esters is 1. The zero-order valence-electron chi connectivity index (χ0n) is 19.8. The van der Waals surface area contributed by atoms with Crippen molar-refractivity contribution in [2.45, 2.75) is 19.5 Å². The predicted octanol–water partition coefficient (Wildman–Crippen LogP) is 2.83. The van der Waals surface area contributed by atoms with Crippen molar-refractivity contribution in [1.82, 2.24) is 15.5 Å². The lowest BCUT2D eigenvalue weighted by molar-refractivity contribution is -0.139. The first-order valence-corrected chi connectivity index (χ1v) is 11.7. The summed E-state index contributed by atoms with van der Waals surface area (Å²) >= 11 is 0. The second-order valence-electron chi connectivity index (χ2n) is 8.46. The van der Waals surface area contributed by atoms with E-state index in [2.05, 4.69) is 32.6 Å². The summed E-state index contributed by atoms with van der Waals surface area (Å²) in [6.45, 7) is 6.25. The summed E-state index contributed by atoms with van der Waals surface area (Å²) in [6.07, 6.45) is 0. The van der Waals surface area contributed by atoms with E-state index in [4.69, 9.17) is 9.47 Å². The number of morpholine rings is 1. The Balaban J connectivity index is 1.60. The fraction of sp³-hybridized carbons (Fsp3) is 0.385. The molecule has 2 aromatic rings. The molecule has 4 rings (SSSR count). The Bertz CT molecular complexity index is 1030. The lowest BCUT2D eigenvalue weighted by Crippen LogP contribution is -2.48. The predicted molar refractivity (Wildman–Crippen MR) is 130 cm³/mol. The molecule has 2 N–H and O–H groups in total. The van der Waals surface area contributed by atoms with Gasteiger partial charge in [0.2, 0.25) is 0 Å². The molecule has 1 saturated heterocycles. The quantitative estimate of drug-likeness (QED) is 0.585. The maximum absolute atomic E-state index is 13.0. The molecule has 0 unspecified atom stereocenters. The number of hydrogen-bond donors (Lipinski definition) is 2. The Morgan fingerprint density at radius 3 is 2.53 bits per heavy atom. The molecule has 1 fully saturated rings. The van der Waals surface area contributed by atoms with Crippen LogP contribution in [0.2, 0.25) is 0 Å². The van der Waals surface area contributed by atoms with Gasteiger partial charge in [-0.05, 0) is 31.2 Å². The van der Waals surface area contributed by atoms with Gasteiger partial charge < -0.3 is 25.0 Å². The fourth-order valence-electron chi connectivity index (χ4n) is 4.46. The molecule has 8 heteroatoms. The molecule has 0 aromatic heterocycles. The van der Waals surface area contributed by atoms with Crippen LogP contribution in [0.15, 0.2) is 65.9 Å². The summed E-state index contributed by atoms with van der Waals surface area (Å²) < 4.78 is 10.9. The van der Waals surface area contributed by atoms with E-state index < -0.39 is 12.0 Å². The molecule has 2 heterocycles. The van der Waals surface area contributed by atoms with Crippen LogP contribution in [0.5, 0.6) is 0 Å². The molecule has 180 valence electrons. The van der Waals surface area contributed by atoms with Gasteiger partial charge in [0.25, 0.3) is 0 Å². The van der Waals surface area contributed by atoms with Crippen LogP contribution in [0.1, 0.15) is 24.1 Å². The number of nitrogens with zero attached hydrogens (tertiary/aromatic N) is 2. The Morgan fingerprint density at radius 1 is 1.09 bits per heavy atom. The lowest BCUT2D eigenvalue weighted by atomic mass is 9.95. The van der Waals surface area contributed by atoms with Crippen LogP contribution < -0.4 is 15.5 Å². The maximum atomic E-state index is 13.0. The number of carbonyl (C=O) groups excluding carboxylic acids is 2. The van der Waals surface area contributed by atoms with Gasteiger partial charge in [-0.3, -0.25) is 4.90 Å². The van der Waals surface area contributed by atoms with Crippen molar-refractivity contribution < 1.29 is 19.1 Å². The Labute approximate surface area is 200 Å². The SMILES string of the molecule is CCOC(=O)C1=C(CN(C)Cc2ccccc2N2CCOCC2)NC(=O)N[C@H]1c1ccccc1. The third-order valence-electron chi connectivity index (χ3n) is 5.99. The van der Waals surface area contributed by atoms with Crippen molar-refractivity contribution in [3.63, 3.8) is 0 Å². The largest absolute Gasteiger partial charge is 0.463 e. The van der Waals surface area contributed by atoms with Crippen molar-refractivity contribution in [2.24, 2.45) is 0 Å². The van der Waals surface area contributed by atoms with Crippen LogP contribution in [-0.4, -0.2) is 63.4 Å². The number of para-hydroxylation sites is 1. The third kappa shape index (κ3) is 5.58. The molecule has 1 atom stereocenters. The van der Waals surface area contributed by atoms with Crippen molar-refractivity contribution in [2.75, 3.05) is 51.4 Å². The number of urea groups is 1. The molecule has 0 bridgehead atoms. The fourth-order valence-corrected chi connectivity index (χ4v) is 4.46. The normalized spacial score (nSPS) is 18.5. The molecule has 34 heavy (non-hydrogen) atoms. The van der Waals surface area contributed by atoms with Crippen LogP contribution in [0.3, 0.4) is 0 Å². The van der Waals surface area contributed by atoms with Gasteiger partial charge in [0, 0.05) is 37.6 Å². The smallest absolute Gasteiger partial charge is 0.338 e. The highest BCUT2D eigenvalue weighted by Crippen LogP contribution is 2.29. The monoisotopic (exact) mass is 464 g/mol. The van der Waals surface area contributed by atoms with Gasteiger partial charge in [-0.25, -0.2) is 9.59 Å². The molecule has 2 aliphatic rings. The summed E-state index contributed by atoms with van der Waals surface area (Å²) in [5.41, 5.74) is 4.19. The van der Waals surface area contributed by atoms with Crippen molar-refractivity contribution >= 4 is 17.7 Å². The maximum Gasteiger partial charge on any atom is 0.338 e. The number of nitrogens with one attached hydrogen (secondary N) is 2. The van der Waals surface area contributed by atoms with Gasteiger partial charge >= 0.3 is 12.0 Å². The number of amides is 2. The van der Waals surface area contributed by atoms with Gasteiger partial charge in [0.1, 0.15) is 0 Å². The number of ether oxygens (including phenoxy) is 2. The Morgan fingerprint density at radius 2 is 1.79 bits per heavy atom. The van der Waals surface area contributed by atoms with Gasteiger partial charge in [-0.15, -0.1) is 0 Å². The first-order chi connectivity index (χ1) is 16.6. The zero-order valence-corrected chi connectivity index (χ0v) is 19.8. The highest BCUT2D eigenvalue weighted by Gasteiger charge is 2.34. The average molecular weight is 465 g/mol. The van der Waals surface area contributed by atoms with E-state index in [1.807, 2.05) is 49.5 Å². The summed E-state index contributed by atoms with van der Waals surface area (Å²) in [5, 5.41) is 5.74. The number of carbonyl (C=O) groups is 2. The number of benzene rings is 2. The zero-order chi connectivity index (χ0) is 23.9. The summed E-state index contributed by atoms with van der Waals surface area (Å²) in [5.74, 6) is -0.430.